The van der Waals surface area contributed by atoms with Crippen LogP contribution >= 0.6 is 15.9 Å². The van der Waals surface area contributed by atoms with Gasteiger partial charge in [0.25, 0.3) is 0 Å². The summed E-state index contributed by atoms with van der Waals surface area (Å²) in [7, 11) is 0. The smallest absolute Gasteiger partial charge is 0.249 e. The van der Waals surface area contributed by atoms with Gasteiger partial charge in [-0.25, -0.2) is 0 Å². The molecule has 1 unspecified atom stereocenters. The minimum atomic E-state index is -0.490. The molecule has 0 radical (unpaired) electrons. The van der Waals surface area contributed by atoms with Gasteiger partial charge in [0.2, 0.25) is 5.91 Å². The first-order valence-corrected chi connectivity index (χ1v) is 8.72. The lowest BCUT2D eigenvalue weighted by atomic mass is 10.0. The molecule has 0 aliphatic heterocycles. The number of nitrogens with one attached hydrogen (secondary N) is 1. The molecule has 4 nitrogen and oxygen atoms in total. The van der Waals surface area contributed by atoms with Crippen LogP contribution in [0.4, 0.5) is 0 Å². The number of nitrogens with zero attached hydrogens (tertiary/aromatic N) is 1. The topological polar surface area (TPSA) is 62.1 Å². The van der Waals surface area contributed by atoms with E-state index in [0.29, 0.717) is 24.9 Å². The van der Waals surface area contributed by atoms with Crippen LogP contribution in [0.2, 0.25) is 0 Å². The van der Waals surface area contributed by atoms with Crippen LogP contribution in [0.3, 0.4) is 0 Å². The molecule has 1 aromatic carbocycles. The Balaban J connectivity index is 2.50. The number of nitriles is 1. The lowest BCUT2D eigenvalue weighted by Gasteiger charge is -2.21. The molecule has 1 N–H and O–H groups in total. The van der Waals surface area contributed by atoms with E-state index in [-0.39, 0.29) is 12.5 Å². The Morgan fingerprint density at radius 2 is 1.96 bits per heavy atom. The van der Waals surface area contributed by atoms with Crippen molar-refractivity contribution in [1.82, 2.24) is 5.32 Å². The number of hydrogen-bond donors (Lipinski definition) is 1. The normalized spacial score (nSPS) is 13.4. The van der Waals surface area contributed by atoms with Crippen molar-refractivity contribution in [2.45, 2.75) is 39.7 Å². The Hall–Kier alpha value is -1.38. The van der Waals surface area contributed by atoms with Gasteiger partial charge in [-0.1, -0.05) is 48.8 Å². The average molecular weight is 381 g/mol. The zero-order valence-corrected chi connectivity index (χ0v) is 15.6. The molecule has 0 aromatic heterocycles. The number of carbonyl (C=O) groups excluding carboxylic acids is 1. The largest absolute Gasteiger partial charge is 0.368 e. The second kappa shape index (κ2) is 10.4. The van der Waals surface area contributed by atoms with Gasteiger partial charge in [-0.3, -0.25) is 4.79 Å². The fourth-order valence-corrected chi connectivity index (χ4v) is 2.55. The highest BCUT2D eigenvalue weighted by Gasteiger charge is 2.21. The second-order valence-electron chi connectivity index (χ2n) is 6.26. The van der Waals surface area contributed by atoms with Gasteiger partial charge in [0.05, 0.1) is 12.7 Å². The molecule has 0 saturated carbocycles. The lowest BCUT2D eigenvalue weighted by molar-refractivity contribution is -0.134. The summed E-state index contributed by atoms with van der Waals surface area (Å²) < 4.78 is 6.90. The molecule has 0 spiro atoms. The maximum Gasteiger partial charge on any atom is 0.249 e. The molecular weight excluding hydrogens is 356 g/mol. The molecule has 23 heavy (non-hydrogen) atoms. The predicted molar refractivity (Wildman–Crippen MR) is 94.8 cm³/mol. The molecule has 1 aromatic rings. The molecule has 0 fully saturated rings. The SMILES string of the molecule is CC(C)C[C@H](OCC(C)Cc1ccc(Br)cc1)C(=O)NCC#N. The molecule has 1 amide bonds. The highest BCUT2D eigenvalue weighted by Crippen LogP contribution is 2.16. The Morgan fingerprint density at radius 3 is 2.52 bits per heavy atom. The number of benzene rings is 1. The van der Waals surface area contributed by atoms with Crippen LogP contribution in [0.15, 0.2) is 28.7 Å². The summed E-state index contributed by atoms with van der Waals surface area (Å²) in [6.45, 7) is 6.76. The van der Waals surface area contributed by atoms with Crippen molar-refractivity contribution in [2.75, 3.05) is 13.2 Å². The van der Waals surface area contributed by atoms with E-state index in [1.54, 1.807) is 0 Å². The van der Waals surface area contributed by atoms with E-state index in [1.807, 2.05) is 18.2 Å². The monoisotopic (exact) mass is 380 g/mol. The molecule has 2 atom stereocenters. The third-order valence-electron chi connectivity index (χ3n) is 3.40. The van der Waals surface area contributed by atoms with Gasteiger partial charge in [0.1, 0.15) is 12.6 Å². The van der Waals surface area contributed by atoms with Crippen LogP contribution in [0.1, 0.15) is 32.8 Å². The summed E-state index contributed by atoms with van der Waals surface area (Å²) in [5, 5.41) is 11.2. The summed E-state index contributed by atoms with van der Waals surface area (Å²) in [6, 6.07) is 10.2. The van der Waals surface area contributed by atoms with E-state index in [9.17, 15) is 4.79 Å². The second-order valence-corrected chi connectivity index (χ2v) is 7.18. The number of carbonyl (C=O) groups is 1. The summed E-state index contributed by atoms with van der Waals surface area (Å²) >= 11 is 3.43. The molecule has 0 aliphatic rings. The van der Waals surface area contributed by atoms with Crippen molar-refractivity contribution in [3.8, 4) is 6.07 Å². The number of amides is 1. The van der Waals surface area contributed by atoms with Gasteiger partial charge >= 0.3 is 0 Å². The number of halogens is 1. The number of hydrogen-bond acceptors (Lipinski definition) is 3. The predicted octanol–water partition coefficient (Wildman–Crippen LogP) is 3.70. The van der Waals surface area contributed by atoms with Crippen LogP contribution in [0, 0.1) is 23.2 Å². The first kappa shape index (κ1) is 19.7. The number of ether oxygens (including phenoxy) is 1. The van der Waals surface area contributed by atoms with Crippen molar-refractivity contribution in [3.63, 3.8) is 0 Å². The highest BCUT2D eigenvalue weighted by atomic mass is 79.9. The van der Waals surface area contributed by atoms with Crippen LogP contribution < -0.4 is 5.32 Å². The van der Waals surface area contributed by atoms with Crippen molar-refractivity contribution in [2.24, 2.45) is 11.8 Å². The Kier molecular flexibility index (Phi) is 8.90. The van der Waals surface area contributed by atoms with Gasteiger partial charge in [-0.15, -0.1) is 0 Å². The lowest BCUT2D eigenvalue weighted by Crippen LogP contribution is -2.38. The highest BCUT2D eigenvalue weighted by molar-refractivity contribution is 9.10. The van der Waals surface area contributed by atoms with Gasteiger partial charge in [0, 0.05) is 4.47 Å². The minimum absolute atomic E-state index is 0.0191. The van der Waals surface area contributed by atoms with Crippen LogP contribution in [0.25, 0.3) is 0 Å². The molecule has 0 aliphatic carbocycles. The van der Waals surface area contributed by atoms with Crippen LogP contribution in [0.5, 0.6) is 0 Å². The minimum Gasteiger partial charge on any atom is -0.368 e. The summed E-state index contributed by atoms with van der Waals surface area (Å²) in [5.41, 5.74) is 1.25. The third-order valence-corrected chi connectivity index (χ3v) is 3.93. The standard InChI is InChI=1S/C18H25BrN2O2/c1-13(2)10-17(18(22)21-9-8-20)23-12-14(3)11-15-4-6-16(19)7-5-15/h4-7,13-14,17H,9-12H2,1-3H3,(H,21,22)/t14?,17-/m0/s1. The van der Waals surface area contributed by atoms with E-state index in [1.165, 1.54) is 5.56 Å². The van der Waals surface area contributed by atoms with E-state index in [4.69, 9.17) is 10.00 Å². The molecule has 5 heteroatoms. The summed E-state index contributed by atoms with van der Waals surface area (Å²) in [6.07, 6.45) is 1.07. The third kappa shape index (κ3) is 8.15. The molecule has 0 saturated heterocycles. The van der Waals surface area contributed by atoms with Crippen LogP contribution in [-0.2, 0) is 16.0 Å². The van der Waals surface area contributed by atoms with E-state index < -0.39 is 6.10 Å². The fraction of sp³-hybridized carbons (Fsp3) is 0.556. The zero-order valence-electron chi connectivity index (χ0n) is 14.0. The van der Waals surface area contributed by atoms with Crippen LogP contribution in [-0.4, -0.2) is 25.2 Å². The van der Waals surface area contributed by atoms with Crippen molar-refractivity contribution < 1.29 is 9.53 Å². The number of rotatable bonds is 9. The fourth-order valence-electron chi connectivity index (χ4n) is 2.28. The summed E-state index contributed by atoms with van der Waals surface area (Å²) in [5.74, 6) is 0.473. The van der Waals surface area contributed by atoms with E-state index >= 15 is 0 Å². The maximum atomic E-state index is 12.1. The Morgan fingerprint density at radius 1 is 1.30 bits per heavy atom. The molecule has 126 valence electrons. The summed E-state index contributed by atoms with van der Waals surface area (Å²) in [4.78, 5) is 12.1. The molecular formula is C18H25BrN2O2. The Bertz CT molecular complexity index is 523. The zero-order chi connectivity index (χ0) is 17.2. The molecule has 0 heterocycles. The maximum absolute atomic E-state index is 12.1. The van der Waals surface area contributed by atoms with Gasteiger partial charge in [0.15, 0.2) is 0 Å². The van der Waals surface area contributed by atoms with Gasteiger partial charge < -0.3 is 10.1 Å². The van der Waals surface area contributed by atoms with E-state index in [2.05, 4.69) is 54.2 Å². The Labute approximate surface area is 147 Å². The van der Waals surface area contributed by atoms with Gasteiger partial charge in [-0.2, -0.15) is 5.26 Å². The first-order valence-electron chi connectivity index (χ1n) is 7.93. The average Bonchev–Trinajstić information content (AvgIpc) is 2.51. The van der Waals surface area contributed by atoms with Crippen molar-refractivity contribution in [3.05, 3.63) is 34.3 Å². The van der Waals surface area contributed by atoms with Crippen molar-refractivity contribution >= 4 is 21.8 Å². The molecule has 0 bridgehead atoms. The van der Waals surface area contributed by atoms with Gasteiger partial charge in [-0.05, 0) is 42.4 Å². The first-order chi connectivity index (χ1) is 10.9. The molecule has 1 rings (SSSR count). The quantitative estimate of drug-likeness (QED) is 0.664. The van der Waals surface area contributed by atoms with E-state index in [0.717, 1.165) is 10.9 Å². The van der Waals surface area contributed by atoms with Crippen molar-refractivity contribution in [1.29, 1.82) is 5.26 Å².